The van der Waals surface area contributed by atoms with Gasteiger partial charge >= 0.3 is 0 Å². The van der Waals surface area contributed by atoms with Gasteiger partial charge in [-0.15, -0.1) is 0 Å². The van der Waals surface area contributed by atoms with Gasteiger partial charge in [0.1, 0.15) is 5.82 Å². The number of hydrogen-bond donors (Lipinski definition) is 1. The molecule has 5 nitrogen and oxygen atoms in total. The number of benzene rings is 1. The fourth-order valence-electron chi connectivity index (χ4n) is 2.43. The summed E-state index contributed by atoms with van der Waals surface area (Å²) in [5.74, 6) is 0.701. The van der Waals surface area contributed by atoms with Crippen LogP contribution in [0.25, 0.3) is 0 Å². The van der Waals surface area contributed by atoms with Crippen molar-refractivity contribution >= 4 is 23.6 Å². The van der Waals surface area contributed by atoms with E-state index < -0.39 is 0 Å². The highest BCUT2D eigenvalue weighted by Gasteiger charge is 2.11. The van der Waals surface area contributed by atoms with Crippen LogP contribution in [0.4, 0.5) is 5.82 Å². The van der Waals surface area contributed by atoms with Crippen molar-refractivity contribution < 1.29 is 0 Å². The average molecular weight is 340 g/mol. The van der Waals surface area contributed by atoms with Crippen LogP contribution in [0.1, 0.15) is 22.5 Å². The van der Waals surface area contributed by atoms with Gasteiger partial charge in [-0.3, -0.25) is 10.1 Å². The van der Waals surface area contributed by atoms with E-state index in [9.17, 15) is 0 Å². The first-order chi connectivity index (χ1) is 11.6. The Labute approximate surface area is 146 Å². The zero-order chi connectivity index (χ0) is 16.9. The van der Waals surface area contributed by atoms with E-state index in [0.717, 1.165) is 27.5 Å². The average Bonchev–Trinajstić information content (AvgIpc) is 2.85. The van der Waals surface area contributed by atoms with Crippen LogP contribution in [0.5, 0.6) is 0 Å². The summed E-state index contributed by atoms with van der Waals surface area (Å²) in [4.78, 5) is 4.17. The summed E-state index contributed by atoms with van der Waals surface area (Å²) in [6, 6.07) is 13.4. The van der Waals surface area contributed by atoms with Gasteiger partial charge in [0.25, 0.3) is 0 Å². The van der Waals surface area contributed by atoms with Gasteiger partial charge in [0.05, 0.1) is 18.5 Å². The van der Waals surface area contributed by atoms with E-state index in [1.807, 2.05) is 61.0 Å². The molecule has 2 aromatic heterocycles. The van der Waals surface area contributed by atoms with Crippen LogP contribution in [0, 0.1) is 13.8 Å². The molecule has 2 heterocycles. The molecule has 0 aliphatic heterocycles. The lowest BCUT2D eigenvalue weighted by Crippen LogP contribution is -2.05. The first-order valence-corrected chi connectivity index (χ1v) is 8.00. The van der Waals surface area contributed by atoms with Gasteiger partial charge in [-0.1, -0.05) is 35.9 Å². The quantitative estimate of drug-likeness (QED) is 0.563. The number of hydrogen-bond acceptors (Lipinski definition) is 4. The second-order valence-corrected chi connectivity index (χ2v) is 5.83. The van der Waals surface area contributed by atoms with Crippen molar-refractivity contribution in [1.29, 1.82) is 0 Å². The number of aryl methyl sites for hydroxylation is 1. The van der Waals surface area contributed by atoms with Gasteiger partial charge in [0.2, 0.25) is 0 Å². The Balaban J connectivity index is 1.78. The zero-order valence-corrected chi connectivity index (χ0v) is 14.3. The number of hydrazone groups is 1. The van der Waals surface area contributed by atoms with Crippen molar-refractivity contribution in [2.24, 2.45) is 5.10 Å². The summed E-state index contributed by atoms with van der Waals surface area (Å²) >= 11 is 6.24. The molecule has 0 fully saturated rings. The van der Waals surface area contributed by atoms with E-state index in [-0.39, 0.29) is 0 Å². The minimum absolute atomic E-state index is 0.633. The molecule has 1 N–H and O–H groups in total. The van der Waals surface area contributed by atoms with E-state index >= 15 is 0 Å². The monoisotopic (exact) mass is 339 g/mol. The Morgan fingerprint density at radius 2 is 1.96 bits per heavy atom. The third kappa shape index (κ3) is 3.63. The van der Waals surface area contributed by atoms with Crippen molar-refractivity contribution in [3.05, 3.63) is 76.2 Å². The Kier molecular flexibility index (Phi) is 4.91. The second kappa shape index (κ2) is 7.27. The van der Waals surface area contributed by atoms with Crippen LogP contribution < -0.4 is 5.43 Å². The lowest BCUT2D eigenvalue weighted by Gasteiger charge is -2.06. The highest BCUT2D eigenvalue weighted by atomic mass is 35.5. The van der Waals surface area contributed by atoms with Crippen LogP contribution in [0.3, 0.4) is 0 Å². The minimum Gasteiger partial charge on any atom is -0.264 e. The molecule has 0 amide bonds. The Bertz CT molecular complexity index is 855. The van der Waals surface area contributed by atoms with Crippen LogP contribution >= 0.6 is 11.6 Å². The van der Waals surface area contributed by atoms with E-state index in [1.165, 1.54) is 0 Å². The molecular weight excluding hydrogens is 322 g/mol. The van der Waals surface area contributed by atoms with Crippen LogP contribution in [-0.4, -0.2) is 21.0 Å². The molecule has 0 aliphatic carbocycles. The Hall–Kier alpha value is -2.66. The van der Waals surface area contributed by atoms with Crippen LogP contribution in [0.2, 0.25) is 5.02 Å². The van der Waals surface area contributed by atoms with Gasteiger partial charge in [0.15, 0.2) is 0 Å². The normalized spacial score (nSPS) is 11.1. The number of pyridine rings is 1. The molecule has 24 heavy (non-hydrogen) atoms. The van der Waals surface area contributed by atoms with E-state index in [1.54, 1.807) is 12.4 Å². The third-order valence-corrected chi connectivity index (χ3v) is 4.12. The molecule has 0 radical (unpaired) electrons. The molecule has 0 aliphatic rings. The van der Waals surface area contributed by atoms with Crippen LogP contribution in [0.15, 0.2) is 53.8 Å². The fraction of sp³-hybridized carbons (Fsp3) is 0.167. The lowest BCUT2D eigenvalue weighted by molar-refractivity contribution is 0.659. The molecular formula is C18H18ClN5. The largest absolute Gasteiger partial charge is 0.264 e. The van der Waals surface area contributed by atoms with Gasteiger partial charge < -0.3 is 0 Å². The fourth-order valence-corrected chi connectivity index (χ4v) is 2.63. The van der Waals surface area contributed by atoms with E-state index in [0.29, 0.717) is 12.4 Å². The van der Waals surface area contributed by atoms with Gasteiger partial charge in [-0.2, -0.15) is 10.2 Å². The van der Waals surface area contributed by atoms with Gasteiger partial charge in [-0.25, -0.2) is 4.98 Å². The maximum Gasteiger partial charge on any atom is 0.146 e. The van der Waals surface area contributed by atoms with E-state index in [2.05, 4.69) is 20.6 Å². The predicted molar refractivity (Wildman–Crippen MR) is 97.7 cm³/mol. The molecule has 0 atom stereocenters. The number of halogens is 1. The number of rotatable bonds is 5. The molecule has 0 saturated heterocycles. The maximum atomic E-state index is 6.24. The Morgan fingerprint density at radius 1 is 1.17 bits per heavy atom. The molecule has 6 heteroatoms. The number of nitrogens with zero attached hydrogens (tertiary/aromatic N) is 4. The van der Waals surface area contributed by atoms with Crippen LogP contribution in [-0.2, 0) is 6.54 Å². The molecule has 1 aromatic carbocycles. The smallest absolute Gasteiger partial charge is 0.146 e. The van der Waals surface area contributed by atoms with Gasteiger partial charge in [-0.05, 0) is 37.6 Å². The van der Waals surface area contributed by atoms with Crippen molar-refractivity contribution in [3.63, 3.8) is 0 Å². The molecule has 3 aromatic rings. The summed E-state index contributed by atoms with van der Waals surface area (Å²) in [5.41, 5.74) is 6.91. The zero-order valence-electron chi connectivity index (χ0n) is 13.6. The first kappa shape index (κ1) is 16.2. The summed E-state index contributed by atoms with van der Waals surface area (Å²) in [7, 11) is 0. The van der Waals surface area contributed by atoms with Crippen molar-refractivity contribution in [3.8, 4) is 0 Å². The number of aromatic nitrogens is 3. The molecule has 3 rings (SSSR count). The number of nitrogens with one attached hydrogen (secondary N) is 1. The third-order valence-electron chi connectivity index (χ3n) is 3.75. The van der Waals surface area contributed by atoms with E-state index in [4.69, 9.17) is 11.6 Å². The summed E-state index contributed by atoms with van der Waals surface area (Å²) in [5, 5.41) is 9.60. The highest BCUT2D eigenvalue weighted by Crippen LogP contribution is 2.18. The summed E-state index contributed by atoms with van der Waals surface area (Å²) in [6.07, 6.45) is 3.49. The van der Waals surface area contributed by atoms with Crippen molar-refractivity contribution in [1.82, 2.24) is 14.8 Å². The van der Waals surface area contributed by atoms with Gasteiger partial charge in [0, 0.05) is 22.5 Å². The predicted octanol–water partition coefficient (Wildman–Crippen LogP) is 4.04. The van der Waals surface area contributed by atoms with Crippen molar-refractivity contribution in [2.75, 3.05) is 5.43 Å². The molecule has 0 unspecified atom stereocenters. The molecule has 0 bridgehead atoms. The first-order valence-electron chi connectivity index (χ1n) is 7.62. The molecule has 0 spiro atoms. The molecule has 0 saturated carbocycles. The Morgan fingerprint density at radius 3 is 2.71 bits per heavy atom. The minimum atomic E-state index is 0.633. The number of anilines is 1. The maximum absolute atomic E-state index is 6.24. The van der Waals surface area contributed by atoms with Crippen molar-refractivity contribution in [2.45, 2.75) is 20.4 Å². The highest BCUT2D eigenvalue weighted by molar-refractivity contribution is 6.31. The SMILES string of the molecule is Cc1nn(Cc2ccccc2Cl)c(C)c1/C=N\Nc1ccccn1. The molecule has 122 valence electrons. The standard InChI is InChI=1S/C18H18ClN5/c1-13-16(11-21-22-18-9-5-6-10-20-18)14(2)24(23-13)12-15-7-3-4-8-17(15)19/h3-11H,12H2,1-2H3,(H,20,22)/b21-11-. The summed E-state index contributed by atoms with van der Waals surface area (Å²) < 4.78 is 1.94. The lowest BCUT2D eigenvalue weighted by atomic mass is 10.2. The topological polar surface area (TPSA) is 55.1 Å². The summed E-state index contributed by atoms with van der Waals surface area (Å²) in [6.45, 7) is 4.63. The second-order valence-electron chi connectivity index (χ2n) is 5.42.